The van der Waals surface area contributed by atoms with Crippen LogP contribution in [-0.2, 0) is 17.6 Å². The molecule has 4 atom stereocenters. The lowest BCUT2D eigenvalue weighted by Crippen LogP contribution is -2.37. The Morgan fingerprint density at radius 3 is 1.41 bits per heavy atom. The summed E-state index contributed by atoms with van der Waals surface area (Å²) in [4.78, 5) is 0. The van der Waals surface area contributed by atoms with Crippen LogP contribution in [0, 0.1) is 11.8 Å². The molecule has 0 spiro atoms. The molecule has 2 saturated carbocycles. The van der Waals surface area contributed by atoms with Gasteiger partial charge in [0.2, 0.25) is 0 Å². The zero-order valence-corrected chi connectivity index (χ0v) is 18.0. The van der Waals surface area contributed by atoms with Crippen molar-refractivity contribution in [3.05, 3.63) is 71.8 Å². The highest BCUT2D eigenvalue weighted by molar-refractivity contribution is 5.15. The fraction of sp³-hybridized carbons (Fsp3) is 0.571. The Bertz CT molecular complexity index is 633. The predicted molar refractivity (Wildman–Crippen MR) is 122 cm³/mol. The molecular formula is C28H38O. The summed E-state index contributed by atoms with van der Waals surface area (Å²) in [5, 5.41) is 0. The Hall–Kier alpha value is -1.60. The van der Waals surface area contributed by atoms with Gasteiger partial charge in [-0.1, -0.05) is 86.3 Å². The van der Waals surface area contributed by atoms with Gasteiger partial charge in [0.1, 0.15) is 0 Å². The molecule has 0 aliphatic heterocycles. The number of hydrogen-bond donors (Lipinski definition) is 0. The summed E-state index contributed by atoms with van der Waals surface area (Å²) in [5.74, 6) is 1.50. The second-order valence-electron chi connectivity index (χ2n) is 9.35. The van der Waals surface area contributed by atoms with Crippen molar-refractivity contribution >= 4 is 0 Å². The monoisotopic (exact) mass is 390 g/mol. The molecule has 0 heterocycles. The maximum absolute atomic E-state index is 6.93. The van der Waals surface area contributed by atoms with Crippen molar-refractivity contribution in [2.24, 2.45) is 11.8 Å². The molecular weight excluding hydrogens is 352 g/mol. The Morgan fingerprint density at radius 2 is 0.966 bits per heavy atom. The van der Waals surface area contributed by atoms with E-state index in [1.807, 2.05) is 0 Å². The third-order valence-electron chi connectivity index (χ3n) is 7.32. The standard InChI is InChI=1S/C28H38O/c1-3-11-23(12-4-1)19-21-25-15-7-9-17-27(25)29-28-18-10-8-16-26(28)22-20-24-13-5-2-6-14-24/h1-6,11-14,25-28H,7-10,15-22H2. The second-order valence-corrected chi connectivity index (χ2v) is 9.35. The van der Waals surface area contributed by atoms with Crippen LogP contribution in [0.4, 0.5) is 0 Å². The minimum atomic E-state index is 0.495. The summed E-state index contributed by atoms with van der Waals surface area (Å²) < 4.78 is 6.93. The molecule has 2 aliphatic carbocycles. The first kappa shape index (κ1) is 20.7. The molecule has 156 valence electrons. The average Bonchev–Trinajstić information content (AvgIpc) is 2.79. The van der Waals surface area contributed by atoms with Crippen LogP contribution >= 0.6 is 0 Å². The summed E-state index contributed by atoms with van der Waals surface area (Å²) in [5.41, 5.74) is 2.96. The maximum atomic E-state index is 6.93. The minimum absolute atomic E-state index is 0.495. The molecule has 0 saturated heterocycles. The highest BCUT2D eigenvalue weighted by atomic mass is 16.5. The van der Waals surface area contributed by atoms with Gasteiger partial charge in [0.25, 0.3) is 0 Å². The minimum Gasteiger partial charge on any atom is -0.374 e. The normalized spacial score (nSPS) is 27.6. The second kappa shape index (κ2) is 11.0. The molecule has 2 aliphatic rings. The highest BCUT2D eigenvalue weighted by Crippen LogP contribution is 2.36. The van der Waals surface area contributed by atoms with E-state index in [0.29, 0.717) is 12.2 Å². The lowest BCUT2D eigenvalue weighted by Gasteiger charge is -2.39. The van der Waals surface area contributed by atoms with E-state index in [-0.39, 0.29) is 0 Å². The molecule has 4 unspecified atom stereocenters. The van der Waals surface area contributed by atoms with E-state index in [2.05, 4.69) is 60.7 Å². The van der Waals surface area contributed by atoms with Crippen LogP contribution < -0.4 is 0 Å². The van der Waals surface area contributed by atoms with E-state index in [0.717, 1.165) is 11.8 Å². The van der Waals surface area contributed by atoms with E-state index in [4.69, 9.17) is 4.74 Å². The van der Waals surface area contributed by atoms with Crippen molar-refractivity contribution < 1.29 is 4.74 Å². The van der Waals surface area contributed by atoms with Crippen LogP contribution in [0.1, 0.15) is 75.3 Å². The predicted octanol–water partition coefficient (Wildman–Crippen LogP) is 7.39. The molecule has 1 nitrogen and oxygen atoms in total. The zero-order chi connectivity index (χ0) is 19.7. The van der Waals surface area contributed by atoms with E-state index >= 15 is 0 Å². The quantitative estimate of drug-likeness (QED) is 0.456. The molecule has 2 fully saturated rings. The van der Waals surface area contributed by atoms with Crippen molar-refractivity contribution in [1.29, 1.82) is 0 Å². The third-order valence-corrected chi connectivity index (χ3v) is 7.32. The molecule has 0 amide bonds. The fourth-order valence-corrected chi connectivity index (χ4v) is 5.58. The van der Waals surface area contributed by atoms with Crippen molar-refractivity contribution in [2.75, 3.05) is 0 Å². The van der Waals surface area contributed by atoms with Gasteiger partial charge in [0, 0.05) is 0 Å². The molecule has 2 aromatic carbocycles. The van der Waals surface area contributed by atoms with Crippen molar-refractivity contribution in [3.63, 3.8) is 0 Å². The molecule has 1 heteroatoms. The molecule has 29 heavy (non-hydrogen) atoms. The van der Waals surface area contributed by atoms with Crippen molar-refractivity contribution in [3.8, 4) is 0 Å². The number of ether oxygens (including phenoxy) is 1. The molecule has 0 aromatic heterocycles. The van der Waals surface area contributed by atoms with Gasteiger partial charge in [-0.25, -0.2) is 0 Å². The molecule has 4 rings (SSSR count). The van der Waals surface area contributed by atoms with Gasteiger partial charge >= 0.3 is 0 Å². The SMILES string of the molecule is c1ccc(CCC2CCCCC2OC2CCCCC2CCc2ccccc2)cc1. The summed E-state index contributed by atoms with van der Waals surface area (Å²) in [7, 11) is 0. The van der Waals surface area contributed by atoms with Crippen LogP contribution in [0.3, 0.4) is 0 Å². The largest absolute Gasteiger partial charge is 0.374 e. The summed E-state index contributed by atoms with van der Waals surface area (Å²) in [6.07, 6.45) is 16.7. The van der Waals surface area contributed by atoms with E-state index < -0.39 is 0 Å². The van der Waals surface area contributed by atoms with E-state index in [1.165, 1.54) is 88.2 Å². The van der Waals surface area contributed by atoms with Crippen LogP contribution in [0.2, 0.25) is 0 Å². The first-order chi connectivity index (χ1) is 14.4. The zero-order valence-electron chi connectivity index (χ0n) is 18.0. The number of benzene rings is 2. The Morgan fingerprint density at radius 1 is 0.552 bits per heavy atom. The third kappa shape index (κ3) is 6.19. The van der Waals surface area contributed by atoms with Gasteiger partial charge in [-0.3, -0.25) is 0 Å². The maximum Gasteiger partial charge on any atom is 0.0607 e. The topological polar surface area (TPSA) is 9.23 Å². The first-order valence-electron chi connectivity index (χ1n) is 12.1. The van der Waals surface area contributed by atoms with Gasteiger partial charge in [-0.05, 0) is 74.3 Å². The van der Waals surface area contributed by atoms with Crippen molar-refractivity contribution in [2.45, 2.75) is 89.3 Å². The van der Waals surface area contributed by atoms with Crippen LogP contribution in [0.25, 0.3) is 0 Å². The lowest BCUT2D eigenvalue weighted by molar-refractivity contribution is -0.0977. The first-order valence-corrected chi connectivity index (χ1v) is 12.1. The van der Waals surface area contributed by atoms with Gasteiger partial charge in [-0.15, -0.1) is 0 Å². The summed E-state index contributed by atoms with van der Waals surface area (Å²) >= 11 is 0. The van der Waals surface area contributed by atoms with Gasteiger partial charge in [0.05, 0.1) is 12.2 Å². The summed E-state index contributed by atoms with van der Waals surface area (Å²) in [6, 6.07) is 22.0. The highest BCUT2D eigenvalue weighted by Gasteiger charge is 2.32. The van der Waals surface area contributed by atoms with Crippen LogP contribution in [-0.4, -0.2) is 12.2 Å². The number of aryl methyl sites for hydroxylation is 2. The number of hydrogen-bond acceptors (Lipinski definition) is 1. The van der Waals surface area contributed by atoms with Gasteiger partial charge in [0.15, 0.2) is 0 Å². The molecule has 2 aromatic rings. The van der Waals surface area contributed by atoms with E-state index in [9.17, 15) is 0 Å². The fourth-order valence-electron chi connectivity index (χ4n) is 5.58. The van der Waals surface area contributed by atoms with Crippen LogP contribution in [0.15, 0.2) is 60.7 Å². The summed E-state index contributed by atoms with van der Waals surface area (Å²) in [6.45, 7) is 0. The smallest absolute Gasteiger partial charge is 0.0607 e. The Kier molecular flexibility index (Phi) is 7.82. The Labute approximate surface area is 177 Å². The lowest BCUT2D eigenvalue weighted by atomic mass is 9.80. The van der Waals surface area contributed by atoms with Gasteiger partial charge < -0.3 is 4.74 Å². The number of rotatable bonds is 8. The molecule has 0 radical (unpaired) electrons. The van der Waals surface area contributed by atoms with Crippen LogP contribution in [0.5, 0.6) is 0 Å². The molecule has 0 N–H and O–H groups in total. The Balaban J connectivity index is 1.32. The molecule has 0 bridgehead atoms. The van der Waals surface area contributed by atoms with Gasteiger partial charge in [-0.2, -0.15) is 0 Å². The average molecular weight is 391 g/mol. The van der Waals surface area contributed by atoms with Crippen molar-refractivity contribution in [1.82, 2.24) is 0 Å². The van der Waals surface area contributed by atoms with E-state index in [1.54, 1.807) is 0 Å².